The molecule has 0 saturated heterocycles. The first-order valence-electron chi connectivity index (χ1n) is 33.8. The summed E-state index contributed by atoms with van der Waals surface area (Å²) in [5.41, 5.74) is 0. The van der Waals surface area contributed by atoms with Gasteiger partial charge in [-0.05, 0) is 89.9 Å². The van der Waals surface area contributed by atoms with Crippen LogP contribution in [0.1, 0.15) is 355 Å². The van der Waals surface area contributed by atoms with Crippen LogP contribution >= 0.6 is 0 Å². The number of carbonyl (C=O) groups is 3. The number of esters is 3. The highest BCUT2D eigenvalue weighted by atomic mass is 16.6. The molecule has 1 unspecified atom stereocenters. The zero-order valence-corrected chi connectivity index (χ0v) is 51.5. The molecule has 0 radical (unpaired) electrons. The van der Waals surface area contributed by atoms with E-state index >= 15 is 0 Å². The van der Waals surface area contributed by atoms with Crippen LogP contribution in [-0.4, -0.2) is 37.2 Å². The number of rotatable bonds is 62. The normalized spacial score (nSPS) is 12.4. The summed E-state index contributed by atoms with van der Waals surface area (Å²) in [5, 5.41) is 0. The third kappa shape index (κ3) is 63.8. The highest BCUT2D eigenvalue weighted by Gasteiger charge is 2.19. The molecule has 0 aliphatic rings. The lowest BCUT2D eigenvalue weighted by atomic mass is 10.0. The zero-order chi connectivity index (χ0) is 55.7. The van der Waals surface area contributed by atoms with Gasteiger partial charge in [0.1, 0.15) is 13.2 Å². The summed E-state index contributed by atoms with van der Waals surface area (Å²) < 4.78 is 17.0. The molecular formula is C71H128O6. The van der Waals surface area contributed by atoms with Crippen molar-refractivity contribution >= 4 is 17.9 Å². The van der Waals surface area contributed by atoms with Gasteiger partial charge in [-0.3, -0.25) is 14.4 Å². The van der Waals surface area contributed by atoms with Crippen LogP contribution in [0.3, 0.4) is 0 Å². The summed E-state index contributed by atoms with van der Waals surface area (Å²) in [6, 6.07) is 0. The molecule has 1 atom stereocenters. The Morgan fingerprint density at radius 1 is 0.260 bits per heavy atom. The fourth-order valence-corrected chi connectivity index (χ4v) is 9.89. The van der Waals surface area contributed by atoms with Crippen LogP contribution < -0.4 is 0 Å². The van der Waals surface area contributed by atoms with E-state index in [1.54, 1.807) is 0 Å². The first-order chi connectivity index (χ1) is 38.0. The average molecular weight is 1080 g/mol. The first kappa shape index (κ1) is 74.1. The Morgan fingerprint density at radius 2 is 0.468 bits per heavy atom. The summed E-state index contributed by atoms with van der Waals surface area (Å²) in [4.78, 5) is 38.4. The summed E-state index contributed by atoms with van der Waals surface area (Å²) in [5.74, 6) is -0.873. The van der Waals surface area contributed by atoms with Crippen LogP contribution in [0.5, 0.6) is 0 Å². The van der Waals surface area contributed by atoms with E-state index in [1.165, 1.54) is 225 Å². The molecule has 0 saturated carbocycles. The second-order valence-electron chi connectivity index (χ2n) is 22.7. The highest BCUT2D eigenvalue weighted by molar-refractivity contribution is 5.71. The van der Waals surface area contributed by atoms with Gasteiger partial charge in [0.2, 0.25) is 0 Å². The van der Waals surface area contributed by atoms with E-state index in [-0.39, 0.29) is 31.1 Å². The van der Waals surface area contributed by atoms with E-state index in [9.17, 15) is 14.4 Å². The molecule has 0 aromatic rings. The Labute approximate surface area is 479 Å². The Kier molecular flexibility index (Phi) is 63.2. The molecule has 0 aromatic heterocycles. The molecule has 0 spiro atoms. The van der Waals surface area contributed by atoms with E-state index in [4.69, 9.17) is 14.2 Å². The van der Waals surface area contributed by atoms with Gasteiger partial charge < -0.3 is 14.2 Å². The number of hydrogen-bond donors (Lipinski definition) is 0. The van der Waals surface area contributed by atoms with Gasteiger partial charge >= 0.3 is 17.9 Å². The van der Waals surface area contributed by atoms with Crippen LogP contribution in [0.2, 0.25) is 0 Å². The molecule has 0 rings (SSSR count). The highest BCUT2D eigenvalue weighted by Crippen LogP contribution is 2.17. The molecule has 77 heavy (non-hydrogen) atoms. The lowest BCUT2D eigenvalue weighted by Crippen LogP contribution is -2.30. The van der Waals surface area contributed by atoms with Gasteiger partial charge in [0.25, 0.3) is 0 Å². The van der Waals surface area contributed by atoms with Crippen molar-refractivity contribution < 1.29 is 28.6 Å². The molecule has 6 heteroatoms. The quantitative estimate of drug-likeness (QED) is 0.0261. The molecule has 0 heterocycles. The van der Waals surface area contributed by atoms with Crippen LogP contribution in [0.15, 0.2) is 60.8 Å². The molecular weight excluding hydrogens is 949 g/mol. The third-order valence-electron chi connectivity index (χ3n) is 15.0. The molecule has 0 bridgehead atoms. The molecule has 0 aliphatic carbocycles. The number of carbonyl (C=O) groups excluding carboxylic acids is 3. The maximum atomic E-state index is 12.9. The van der Waals surface area contributed by atoms with Gasteiger partial charge in [0, 0.05) is 19.3 Å². The minimum absolute atomic E-state index is 0.0776. The summed E-state index contributed by atoms with van der Waals surface area (Å²) in [6.07, 6.45) is 83.7. The fraction of sp³-hybridized carbons (Fsp3) is 0.817. The lowest BCUT2D eigenvalue weighted by molar-refractivity contribution is -0.167. The molecule has 0 N–H and O–H groups in total. The summed E-state index contributed by atoms with van der Waals surface area (Å²) in [6.45, 7) is 6.64. The molecule has 6 nitrogen and oxygen atoms in total. The summed E-state index contributed by atoms with van der Waals surface area (Å²) >= 11 is 0. The van der Waals surface area contributed by atoms with Crippen molar-refractivity contribution in [3.05, 3.63) is 60.8 Å². The van der Waals surface area contributed by atoms with E-state index < -0.39 is 6.10 Å². The Balaban J connectivity index is 4.32. The number of hydrogen-bond acceptors (Lipinski definition) is 6. The van der Waals surface area contributed by atoms with Crippen LogP contribution in [0.25, 0.3) is 0 Å². The number of allylic oxidation sites excluding steroid dienone is 10. The SMILES string of the molecule is CCCCC/C=C\C/C=C\CCCCCCCC(=O)OCC(COC(=O)CCCCCCCCCCCC/C=C\C/C=C\C/C=C\CCCCCCC)OC(=O)CCCCCCCCCCCCCCCCCCCCC. The predicted molar refractivity (Wildman–Crippen MR) is 335 cm³/mol. The minimum Gasteiger partial charge on any atom is -0.462 e. The van der Waals surface area contributed by atoms with Crippen molar-refractivity contribution in [1.82, 2.24) is 0 Å². The zero-order valence-electron chi connectivity index (χ0n) is 51.5. The minimum atomic E-state index is -0.781. The molecule has 0 amide bonds. The van der Waals surface area contributed by atoms with Gasteiger partial charge in [-0.2, -0.15) is 0 Å². The van der Waals surface area contributed by atoms with Gasteiger partial charge in [-0.1, -0.05) is 306 Å². The van der Waals surface area contributed by atoms with Crippen molar-refractivity contribution in [2.24, 2.45) is 0 Å². The third-order valence-corrected chi connectivity index (χ3v) is 15.0. The van der Waals surface area contributed by atoms with Crippen molar-refractivity contribution in [1.29, 1.82) is 0 Å². The standard InChI is InChI=1S/C71H128O6/c1-4-7-10-13-16-19-22-25-28-30-32-33-34-35-36-37-39-40-43-46-49-52-55-58-61-64-70(73)76-67-68(66-75-69(72)63-60-57-54-51-48-45-42-27-24-21-18-15-12-9-6-3)77-71(74)65-62-59-56-53-50-47-44-41-38-31-29-26-23-20-17-14-11-8-5-2/h18,21-22,25,27,30,32,34-35,42,68H,4-17,19-20,23-24,26,28-29,31,33,36-41,43-67H2,1-3H3/b21-18-,25-22-,32-30-,35-34-,42-27-. The fourth-order valence-electron chi connectivity index (χ4n) is 9.89. The molecule has 0 aromatic carbocycles. The van der Waals surface area contributed by atoms with Gasteiger partial charge in [0.15, 0.2) is 6.10 Å². The van der Waals surface area contributed by atoms with E-state index in [2.05, 4.69) is 81.5 Å². The topological polar surface area (TPSA) is 78.9 Å². The van der Waals surface area contributed by atoms with Crippen molar-refractivity contribution in [3.63, 3.8) is 0 Å². The second kappa shape index (κ2) is 65.6. The maximum absolute atomic E-state index is 12.9. The van der Waals surface area contributed by atoms with Crippen molar-refractivity contribution in [3.8, 4) is 0 Å². The Morgan fingerprint density at radius 3 is 0.753 bits per heavy atom. The smallest absolute Gasteiger partial charge is 0.306 e. The van der Waals surface area contributed by atoms with Gasteiger partial charge in [0.05, 0.1) is 0 Å². The monoisotopic (exact) mass is 1080 g/mol. The number of unbranched alkanes of at least 4 members (excludes halogenated alkanes) is 41. The number of ether oxygens (including phenoxy) is 3. The average Bonchev–Trinajstić information content (AvgIpc) is 3.43. The predicted octanol–water partition coefficient (Wildman–Crippen LogP) is 23.1. The van der Waals surface area contributed by atoms with E-state index in [0.29, 0.717) is 19.3 Å². The van der Waals surface area contributed by atoms with Gasteiger partial charge in [-0.15, -0.1) is 0 Å². The Bertz CT molecular complexity index is 1380. The second-order valence-corrected chi connectivity index (χ2v) is 22.7. The van der Waals surface area contributed by atoms with Crippen molar-refractivity contribution in [2.45, 2.75) is 361 Å². The van der Waals surface area contributed by atoms with Crippen LogP contribution in [-0.2, 0) is 28.6 Å². The maximum Gasteiger partial charge on any atom is 0.306 e. The van der Waals surface area contributed by atoms with Crippen LogP contribution in [0, 0.1) is 0 Å². The Hall–Kier alpha value is -2.89. The van der Waals surface area contributed by atoms with Gasteiger partial charge in [-0.25, -0.2) is 0 Å². The first-order valence-corrected chi connectivity index (χ1v) is 33.8. The van der Waals surface area contributed by atoms with E-state index in [1.807, 2.05) is 0 Å². The van der Waals surface area contributed by atoms with Crippen LogP contribution in [0.4, 0.5) is 0 Å². The van der Waals surface area contributed by atoms with E-state index in [0.717, 1.165) is 89.9 Å². The lowest BCUT2D eigenvalue weighted by Gasteiger charge is -2.18. The molecule has 0 aliphatic heterocycles. The molecule has 448 valence electrons. The summed E-state index contributed by atoms with van der Waals surface area (Å²) in [7, 11) is 0. The largest absolute Gasteiger partial charge is 0.462 e. The molecule has 0 fully saturated rings. The van der Waals surface area contributed by atoms with Crippen molar-refractivity contribution in [2.75, 3.05) is 13.2 Å².